The number of aryl methyl sites for hydroxylation is 1. The maximum Gasteiger partial charge on any atom is 0.416 e. The second kappa shape index (κ2) is 11.3. The molecule has 1 aliphatic rings. The van der Waals surface area contributed by atoms with Gasteiger partial charge in [0.25, 0.3) is 5.91 Å². The normalized spacial score (nSPS) is 14.8. The Morgan fingerprint density at radius 1 is 0.951 bits per heavy atom. The van der Waals surface area contributed by atoms with Crippen LogP contribution in [0.3, 0.4) is 0 Å². The van der Waals surface area contributed by atoms with Crippen molar-refractivity contribution in [3.63, 3.8) is 0 Å². The molecule has 1 fully saturated rings. The van der Waals surface area contributed by atoms with Crippen LogP contribution in [0.1, 0.15) is 34.0 Å². The number of imidazole rings is 1. The van der Waals surface area contributed by atoms with Gasteiger partial charge in [0, 0.05) is 57.1 Å². The molecule has 8 nitrogen and oxygen atoms in total. The van der Waals surface area contributed by atoms with E-state index in [4.69, 9.17) is 0 Å². The van der Waals surface area contributed by atoms with Crippen LogP contribution in [0.2, 0.25) is 0 Å². The molecule has 0 spiro atoms. The van der Waals surface area contributed by atoms with E-state index in [2.05, 4.69) is 20.5 Å². The highest BCUT2D eigenvalue weighted by Gasteiger charge is 2.34. The molecule has 0 atom stereocenters. The molecule has 0 bridgehead atoms. The molecule has 2 aromatic heterocycles. The predicted molar refractivity (Wildman–Crippen MR) is 152 cm³/mol. The van der Waals surface area contributed by atoms with Crippen molar-refractivity contribution in [2.24, 2.45) is 0 Å². The van der Waals surface area contributed by atoms with Crippen molar-refractivity contribution in [3.05, 3.63) is 83.2 Å². The maximum absolute atomic E-state index is 14.0. The Morgan fingerprint density at radius 2 is 1.71 bits per heavy atom. The van der Waals surface area contributed by atoms with Crippen molar-refractivity contribution in [1.82, 2.24) is 19.2 Å². The largest absolute Gasteiger partial charge is 0.416 e. The van der Waals surface area contributed by atoms with E-state index < -0.39 is 17.6 Å². The van der Waals surface area contributed by atoms with Crippen LogP contribution in [-0.2, 0) is 17.5 Å². The van der Waals surface area contributed by atoms with Crippen LogP contribution in [0.25, 0.3) is 16.8 Å². The lowest BCUT2D eigenvalue weighted by Crippen LogP contribution is -2.44. The Balaban J connectivity index is 1.37. The standard InChI is InChI=1S/C30H31F3N6O2/c1-19-4-8-24(15-25(19)22-7-9-28-36-27(34-20(2)40)18-39(28)17-22)35-29(41)21-5-6-23(26(14-21)30(31,32)33)16-38-12-10-37(3)11-13-38/h4-9,14-15,17-18H,10-13,16H2,1-3H3,(H,34,40)(H,35,41). The van der Waals surface area contributed by atoms with Crippen LogP contribution in [0.15, 0.2) is 60.9 Å². The Labute approximate surface area is 235 Å². The number of hydrogen-bond acceptors (Lipinski definition) is 5. The van der Waals surface area contributed by atoms with E-state index in [-0.39, 0.29) is 23.6 Å². The fraction of sp³-hybridized carbons (Fsp3) is 0.300. The quantitative estimate of drug-likeness (QED) is 0.333. The average molecular weight is 565 g/mol. The number of rotatable bonds is 6. The van der Waals surface area contributed by atoms with Crippen molar-refractivity contribution in [1.29, 1.82) is 0 Å². The Bertz CT molecular complexity index is 1610. The molecule has 1 saturated heterocycles. The minimum Gasteiger partial charge on any atom is -0.322 e. The number of amides is 2. The molecule has 0 unspecified atom stereocenters. The third kappa shape index (κ3) is 6.58. The van der Waals surface area contributed by atoms with E-state index >= 15 is 0 Å². The highest BCUT2D eigenvalue weighted by Crippen LogP contribution is 2.34. The van der Waals surface area contributed by atoms with Crippen molar-refractivity contribution in [2.75, 3.05) is 43.9 Å². The second-order valence-corrected chi connectivity index (χ2v) is 10.4. The molecule has 2 N–H and O–H groups in total. The Kier molecular flexibility index (Phi) is 7.83. The van der Waals surface area contributed by atoms with Crippen LogP contribution < -0.4 is 10.6 Å². The summed E-state index contributed by atoms with van der Waals surface area (Å²) in [5.41, 5.74) is 3.02. The molecule has 4 aromatic rings. The third-order valence-electron chi connectivity index (χ3n) is 7.23. The number of alkyl halides is 3. The van der Waals surface area contributed by atoms with Gasteiger partial charge in [-0.05, 0) is 72.6 Å². The highest BCUT2D eigenvalue weighted by atomic mass is 19.4. The van der Waals surface area contributed by atoms with Gasteiger partial charge in [-0.15, -0.1) is 0 Å². The van der Waals surface area contributed by atoms with Gasteiger partial charge < -0.3 is 19.9 Å². The van der Waals surface area contributed by atoms with E-state index in [0.29, 0.717) is 30.2 Å². The van der Waals surface area contributed by atoms with Crippen molar-refractivity contribution < 1.29 is 22.8 Å². The molecule has 11 heteroatoms. The average Bonchev–Trinajstić information content (AvgIpc) is 3.31. The monoisotopic (exact) mass is 564 g/mol. The van der Waals surface area contributed by atoms with E-state index in [0.717, 1.165) is 35.8 Å². The number of fused-ring (bicyclic) bond motifs is 1. The topological polar surface area (TPSA) is 82.0 Å². The van der Waals surface area contributed by atoms with Crippen molar-refractivity contribution in [2.45, 2.75) is 26.6 Å². The predicted octanol–water partition coefficient (Wildman–Crippen LogP) is 5.29. The van der Waals surface area contributed by atoms with Gasteiger partial charge in [0.15, 0.2) is 5.82 Å². The lowest BCUT2D eigenvalue weighted by atomic mass is 10.0. The third-order valence-corrected chi connectivity index (χ3v) is 7.23. The molecule has 5 rings (SSSR count). The number of benzene rings is 2. The van der Waals surface area contributed by atoms with Crippen LogP contribution in [0, 0.1) is 6.92 Å². The first kappa shape index (κ1) is 28.3. The van der Waals surface area contributed by atoms with Gasteiger partial charge in [-0.25, -0.2) is 4.98 Å². The summed E-state index contributed by atoms with van der Waals surface area (Å²) in [5, 5.41) is 5.41. The number of aromatic nitrogens is 2. The SMILES string of the molecule is CC(=O)Nc1cn2cc(-c3cc(NC(=O)c4ccc(CN5CCN(C)CC5)c(C(F)(F)F)c4)ccc3C)ccc2n1. The van der Waals surface area contributed by atoms with Gasteiger partial charge in [-0.2, -0.15) is 13.2 Å². The zero-order chi connectivity index (χ0) is 29.3. The summed E-state index contributed by atoms with van der Waals surface area (Å²) >= 11 is 0. The number of nitrogens with one attached hydrogen (secondary N) is 2. The first-order valence-corrected chi connectivity index (χ1v) is 13.3. The zero-order valence-electron chi connectivity index (χ0n) is 23.0. The van der Waals surface area contributed by atoms with Gasteiger partial charge in [0.1, 0.15) is 5.65 Å². The van der Waals surface area contributed by atoms with Gasteiger partial charge >= 0.3 is 6.18 Å². The summed E-state index contributed by atoms with van der Waals surface area (Å²) in [6.07, 6.45) is -1.02. The fourth-order valence-electron chi connectivity index (χ4n) is 4.97. The Hall–Kier alpha value is -4.22. The molecular formula is C30H31F3N6O2. The minimum atomic E-state index is -4.58. The number of anilines is 2. The number of likely N-dealkylation sites (N-methyl/N-ethyl adjacent to an activating group) is 1. The lowest BCUT2D eigenvalue weighted by Gasteiger charge is -2.33. The van der Waals surface area contributed by atoms with Gasteiger partial charge in [-0.3, -0.25) is 14.5 Å². The Morgan fingerprint density at radius 3 is 2.41 bits per heavy atom. The second-order valence-electron chi connectivity index (χ2n) is 10.4. The first-order valence-electron chi connectivity index (χ1n) is 13.3. The van der Waals surface area contributed by atoms with Crippen LogP contribution in [0.5, 0.6) is 0 Å². The molecule has 2 amide bonds. The number of carbonyl (C=O) groups is 2. The molecule has 41 heavy (non-hydrogen) atoms. The van der Waals surface area contributed by atoms with Gasteiger partial charge in [-0.1, -0.05) is 12.1 Å². The number of halogens is 3. The van der Waals surface area contributed by atoms with Crippen LogP contribution in [-0.4, -0.2) is 64.2 Å². The highest BCUT2D eigenvalue weighted by molar-refractivity contribution is 6.04. The zero-order valence-corrected chi connectivity index (χ0v) is 23.0. The molecule has 1 aliphatic heterocycles. The summed E-state index contributed by atoms with van der Waals surface area (Å²) in [5.74, 6) is -0.415. The number of piperazine rings is 1. The van der Waals surface area contributed by atoms with E-state index in [1.165, 1.54) is 19.1 Å². The number of hydrogen-bond donors (Lipinski definition) is 2. The van der Waals surface area contributed by atoms with E-state index in [9.17, 15) is 22.8 Å². The first-order chi connectivity index (χ1) is 19.5. The van der Waals surface area contributed by atoms with Crippen molar-refractivity contribution in [3.8, 4) is 11.1 Å². The van der Waals surface area contributed by atoms with Gasteiger partial charge in [0.2, 0.25) is 5.91 Å². The van der Waals surface area contributed by atoms with Crippen LogP contribution in [0.4, 0.5) is 24.7 Å². The number of carbonyl (C=O) groups excluding carboxylic acids is 2. The summed E-state index contributed by atoms with van der Waals surface area (Å²) in [6.45, 7) is 6.50. The number of nitrogens with zero attached hydrogens (tertiary/aromatic N) is 4. The fourth-order valence-corrected chi connectivity index (χ4v) is 4.97. The molecule has 0 radical (unpaired) electrons. The molecule has 3 heterocycles. The summed E-state index contributed by atoms with van der Waals surface area (Å²) in [4.78, 5) is 33.0. The molecule has 214 valence electrons. The van der Waals surface area contributed by atoms with Crippen LogP contribution >= 0.6 is 0 Å². The molecule has 0 aliphatic carbocycles. The van der Waals surface area contributed by atoms with E-state index in [1.54, 1.807) is 22.7 Å². The molecule has 0 saturated carbocycles. The van der Waals surface area contributed by atoms with Crippen molar-refractivity contribution >= 4 is 29.0 Å². The summed E-state index contributed by atoms with van der Waals surface area (Å²) in [7, 11) is 1.99. The molecule has 2 aromatic carbocycles. The minimum absolute atomic E-state index is 0.0630. The summed E-state index contributed by atoms with van der Waals surface area (Å²) < 4.78 is 43.8. The smallest absolute Gasteiger partial charge is 0.322 e. The van der Waals surface area contributed by atoms with E-state index in [1.807, 2.05) is 43.3 Å². The maximum atomic E-state index is 14.0. The lowest BCUT2D eigenvalue weighted by molar-refractivity contribution is -0.138. The summed E-state index contributed by atoms with van der Waals surface area (Å²) in [6, 6.07) is 12.8. The molecular weight excluding hydrogens is 533 g/mol. The number of pyridine rings is 1. The van der Waals surface area contributed by atoms with Gasteiger partial charge in [0.05, 0.1) is 11.8 Å².